The monoisotopic (exact) mass is 325 g/mol. The summed E-state index contributed by atoms with van der Waals surface area (Å²) in [7, 11) is 0. The number of hydrogen-bond donors (Lipinski definition) is 3. The molecule has 2 aromatic rings. The number of aromatic nitrogens is 1. The number of benzene rings is 1. The van der Waals surface area contributed by atoms with Gasteiger partial charge in [-0.2, -0.15) is 10.5 Å². The van der Waals surface area contributed by atoms with Crippen LogP contribution in [0.25, 0.3) is 11.1 Å². The van der Waals surface area contributed by atoms with Crippen LogP contribution in [0.2, 0.25) is 0 Å². The predicted octanol–water partition coefficient (Wildman–Crippen LogP) is 0.974. The number of pyridine rings is 1. The van der Waals surface area contributed by atoms with Gasteiger partial charge in [-0.25, -0.2) is 4.79 Å². The van der Waals surface area contributed by atoms with Gasteiger partial charge >= 0.3 is 5.97 Å². The molecule has 0 aliphatic rings. The number of carbonyl (C=O) groups is 1. The summed E-state index contributed by atoms with van der Waals surface area (Å²) in [5, 5.41) is 38.9. The van der Waals surface area contributed by atoms with E-state index < -0.39 is 33.3 Å². The molecule has 24 heavy (non-hydrogen) atoms. The Labute approximate surface area is 133 Å². The van der Waals surface area contributed by atoms with Crippen molar-refractivity contribution in [2.24, 2.45) is 0 Å². The maximum Gasteiger partial charge on any atom is 0.342 e. The Morgan fingerprint density at radius 2 is 1.92 bits per heavy atom. The summed E-state index contributed by atoms with van der Waals surface area (Å²) in [6.45, 7) is 0. The van der Waals surface area contributed by atoms with Gasteiger partial charge in [-0.05, 0) is 12.1 Å². The van der Waals surface area contributed by atoms with Crippen molar-refractivity contribution in [1.82, 2.24) is 4.98 Å². The fourth-order valence-corrected chi connectivity index (χ4v) is 2.23. The molecule has 1 aromatic carbocycles. The smallest absolute Gasteiger partial charge is 0.342 e. The van der Waals surface area contributed by atoms with E-state index >= 15 is 0 Å². The van der Waals surface area contributed by atoms with Crippen LogP contribution in [-0.2, 0) is 0 Å². The summed E-state index contributed by atoms with van der Waals surface area (Å²) in [6, 6.07) is 6.56. The topological polar surface area (TPSA) is 187 Å². The summed E-state index contributed by atoms with van der Waals surface area (Å²) in [5.74, 6) is -1.95. The summed E-state index contributed by atoms with van der Waals surface area (Å²) in [5.41, 5.74) is 1.43. The van der Waals surface area contributed by atoms with Crippen molar-refractivity contribution in [2.75, 3.05) is 5.73 Å². The lowest BCUT2D eigenvalue weighted by molar-refractivity contribution is -0.384. The lowest BCUT2D eigenvalue weighted by Gasteiger charge is -2.10. The molecule has 0 bridgehead atoms. The minimum Gasteiger partial charge on any atom is -0.477 e. The van der Waals surface area contributed by atoms with Crippen molar-refractivity contribution in [3.05, 3.63) is 55.4 Å². The van der Waals surface area contributed by atoms with Gasteiger partial charge in [0.1, 0.15) is 34.6 Å². The molecule has 0 amide bonds. The number of nitro groups is 1. The second-order valence-electron chi connectivity index (χ2n) is 4.48. The van der Waals surface area contributed by atoms with E-state index in [0.717, 1.165) is 12.1 Å². The minimum absolute atomic E-state index is 0.356. The highest BCUT2D eigenvalue weighted by Gasteiger charge is 2.29. The highest BCUT2D eigenvalue weighted by Crippen LogP contribution is 2.37. The lowest BCUT2D eigenvalue weighted by Crippen LogP contribution is -2.17. The molecule has 10 heteroatoms. The van der Waals surface area contributed by atoms with Gasteiger partial charge in [-0.3, -0.25) is 14.9 Å². The fourth-order valence-electron chi connectivity index (χ4n) is 2.23. The summed E-state index contributed by atoms with van der Waals surface area (Å²) >= 11 is 0. The maximum atomic E-state index is 11.9. The number of H-pyrrole nitrogens is 1. The largest absolute Gasteiger partial charge is 0.477 e. The first-order valence-corrected chi connectivity index (χ1v) is 6.20. The van der Waals surface area contributed by atoms with Gasteiger partial charge in [0.25, 0.3) is 11.2 Å². The SMILES string of the molecule is N#Cc1c(N)[nH]c(=O)c(C#N)c1-c1cccc(C(=O)O)c1[N+](=O)[O-]. The Hall–Kier alpha value is -4.18. The molecule has 0 unspecified atom stereocenters. The third-order valence-electron chi connectivity index (χ3n) is 3.19. The average Bonchev–Trinajstić information content (AvgIpc) is 2.53. The summed E-state index contributed by atoms with van der Waals surface area (Å²) < 4.78 is 0. The highest BCUT2D eigenvalue weighted by molar-refractivity contribution is 5.98. The van der Waals surface area contributed by atoms with Crippen molar-refractivity contribution in [3.8, 4) is 23.3 Å². The number of nitriles is 2. The second-order valence-corrected chi connectivity index (χ2v) is 4.48. The Bertz CT molecular complexity index is 1030. The van der Waals surface area contributed by atoms with E-state index in [1.807, 2.05) is 0 Å². The molecule has 10 nitrogen and oxygen atoms in total. The molecule has 0 aliphatic carbocycles. The Morgan fingerprint density at radius 1 is 1.29 bits per heavy atom. The zero-order valence-electron chi connectivity index (χ0n) is 11.7. The van der Waals surface area contributed by atoms with Gasteiger partial charge in [-0.1, -0.05) is 6.07 Å². The summed E-state index contributed by atoms with van der Waals surface area (Å²) in [6.07, 6.45) is 0. The van der Waals surface area contributed by atoms with Gasteiger partial charge in [0.05, 0.1) is 10.5 Å². The lowest BCUT2D eigenvalue weighted by atomic mass is 9.93. The molecule has 0 spiro atoms. The molecular weight excluding hydrogens is 318 g/mol. The number of nitrogens with zero attached hydrogens (tertiary/aromatic N) is 3. The number of anilines is 1. The van der Waals surface area contributed by atoms with E-state index in [1.165, 1.54) is 6.07 Å². The average molecular weight is 325 g/mol. The quantitative estimate of drug-likeness (QED) is 0.549. The molecular formula is C14H7N5O5. The van der Waals surface area contributed by atoms with E-state index in [2.05, 4.69) is 4.98 Å². The standard InChI is InChI=1S/C14H7N5O5/c15-4-8-10(9(5-16)13(20)18-12(8)17)6-2-1-3-7(14(21)22)11(6)19(23)24/h1-3H,(H,21,22)(H3,17,18,20). The Balaban J connectivity index is 3.10. The van der Waals surface area contributed by atoms with E-state index in [9.17, 15) is 30.2 Å². The van der Waals surface area contributed by atoms with Crippen LogP contribution in [0.4, 0.5) is 11.5 Å². The fraction of sp³-hybridized carbons (Fsp3) is 0. The van der Waals surface area contributed by atoms with E-state index in [1.54, 1.807) is 12.1 Å². The molecule has 0 aliphatic heterocycles. The Morgan fingerprint density at radius 3 is 2.42 bits per heavy atom. The molecule has 0 radical (unpaired) electrons. The first-order valence-electron chi connectivity index (χ1n) is 6.20. The second kappa shape index (κ2) is 5.90. The van der Waals surface area contributed by atoms with Gasteiger partial charge < -0.3 is 15.8 Å². The zero-order chi connectivity index (χ0) is 18.0. The van der Waals surface area contributed by atoms with E-state index in [-0.39, 0.29) is 22.5 Å². The molecule has 118 valence electrons. The number of aromatic carboxylic acids is 1. The number of nitrogens with two attached hydrogens (primary N) is 1. The van der Waals surface area contributed by atoms with Crippen LogP contribution in [0.1, 0.15) is 21.5 Å². The highest BCUT2D eigenvalue weighted by atomic mass is 16.6. The van der Waals surface area contributed by atoms with Gasteiger partial charge in [-0.15, -0.1) is 0 Å². The number of hydrogen-bond acceptors (Lipinski definition) is 7. The number of nitro benzene ring substituents is 1. The molecule has 0 saturated heterocycles. The molecule has 0 atom stereocenters. The molecule has 0 fully saturated rings. The van der Waals surface area contributed by atoms with Gasteiger partial charge in [0.2, 0.25) is 0 Å². The third-order valence-corrected chi connectivity index (χ3v) is 3.19. The molecule has 0 saturated carbocycles. The van der Waals surface area contributed by atoms with Crippen LogP contribution < -0.4 is 11.3 Å². The number of nitrogen functional groups attached to an aromatic ring is 1. The molecule has 4 N–H and O–H groups in total. The van der Waals surface area contributed by atoms with Gasteiger partial charge in [0.15, 0.2) is 0 Å². The molecule has 2 rings (SSSR count). The third kappa shape index (κ3) is 2.40. The van der Waals surface area contributed by atoms with Crippen molar-refractivity contribution >= 4 is 17.5 Å². The van der Waals surface area contributed by atoms with Crippen LogP contribution >= 0.6 is 0 Å². The van der Waals surface area contributed by atoms with Gasteiger partial charge in [0, 0.05) is 5.56 Å². The summed E-state index contributed by atoms with van der Waals surface area (Å²) in [4.78, 5) is 35.6. The minimum atomic E-state index is -1.57. The predicted molar refractivity (Wildman–Crippen MR) is 80.0 cm³/mol. The Kier molecular flexibility index (Phi) is 3.98. The van der Waals surface area contributed by atoms with Crippen LogP contribution in [0, 0.1) is 32.8 Å². The normalized spacial score (nSPS) is 9.75. The number of para-hydroxylation sites is 1. The van der Waals surface area contributed by atoms with Crippen LogP contribution in [0.5, 0.6) is 0 Å². The first kappa shape index (κ1) is 16.2. The molecule has 1 aromatic heterocycles. The van der Waals surface area contributed by atoms with Crippen molar-refractivity contribution < 1.29 is 14.8 Å². The molecule has 1 heterocycles. The van der Waals surface area contributed by atoms with Crippen molar-refractivity contribution in [1.29, 1.82) is 10.5 Å². The van der Waals surface area contributed by atoms with E-state index in [0.29, 0.717) is 0 Å². The van der Waals surface area contributed by atoms with Crippen LogP contribution in [0.15, 0.2) is 23.0 Å². The number of carboxylic acids is 1. The number of aromatic amines is 1. The van der Waals surface area contributed by atoms with Crippen LogP contribution in [0.3, 0.4) is 0 Å². The van der Waals surface area contributed by atoms with E-state index in [4.69, 9.17) is 10.8 Å². The van der Waals surface area contributed by atoms with Crippen LogP contribution in [-0.4, -0.2) is 21.0 Å². The number of nitrogens with one attached hydrogen (secondary N) is 1. The zero-order valence-corrected chi connectivity index (χ0v) is 11.7. The first-order chi connectivity index (χ1) is 11.3. The van der Waals surface area contributed by atoms with Crippen molar-refractivity contribution in [3.63, 3.8) is 0 Å². The van der Waals surface area contributed by atoms with Crippen molar-refractivity contribution in [2.45, 2.75) is 0 Å². The number of carboxylic acid groups (broad SMARTS) is 1. The number of rotatable bonds is 3. The maximum absolute atomic E-state index is 11.9.